The van der Waals surface area contributed by atoms with Gasteiger partial charge in [0.05, 0.1) is 22.6 Å². The van der Waals surface area contributed by atoms with Crippen LogP contribution in [0.5, 0.6) is 11.5 Å². The van der Waals surface area contributed by atoms with Crippen LogP contribution in [0, 0.1) is 11.8 Å². The Hall–Kier alpha value is -3.04. The molecule has 2 saturated carbocycles. The third kappa shape index (κ3) is 3.88. The van der Waals surface area contributed by atoms with Gasteiger partial charge in [0.2, 0.25) is 5.91 Å². The van der Waals surface area contributed by atoms with Gasteiger partial charge in [0.15, 0.2) is 11.5 Å². The van der Waals surface area contributed by atoms with Crippen molar-refractivity contribution in [3.63, 3.8) is 0 Å². The number of benzene rings is 2. The highest BCUT2D eigenvalue weighted by atomic mass is 19.4. The van der Waals surface area contributed by atoms with E-state index in [0.717, 1.165) is 42.8 Å². The smallest absolute Gasteiger partial charge is 0.416 e. The van der Waals surface area contributed by atoms with Gasteiger partial charge in [0, 0.05) is 31.3 Å². The fraction of sp³-hybridized carbons (Fsp3) is 0.545. The Labute approximate surface area is 243 Å². The van der Waals surface area contributed by atoms with E-state index in [1.54, 1.807) is 18.0 Å². The van der Waals surface area contributed by atoms with Crippen LogP contribution in [-0.4, -0.2) is 69.8 Å². The molecule has 1 amide bonds. The van der Waals surface area contributed by atoms with Crippen LogP contribution in [-0.2, 0) is 22.8 Å². The van der Waals surface area contributed by atoms with Gasteiger partial charge in [-0.1, -0.05) is 31.5 Å². The number of rotatable bonds is 6. The Morgan fingerprint density at radius 3 is 2.74 bits per heavy atom. The topological polar surface area (TPSA) is 73.2 Å². The first-order valence-corrected chi connectivity index (χ1v) is 15.1. The molecule has 2 heterocycles. The second kappa shape index (κ2) is 9.48. The SMILES string of the molecule is CC[C@H]1C[C@H](N(C)C(=O)C=Cc2cccc(C(F)(F)F)c2)[C@H]2Oc3c(O)ccc4c3[C@@]23CCN(CC2CC2)[C@H](C4)[C@]13O. The molecule has 2 N–H and O–H groups in total. The van der Waals surface area contributed by atoms with E-state index in [0.29, 0.717) is 30.9 Å². The van der Waals surface area contributed by atoms with Gasteiger partial charge in [-0.3, -0.25) is 9.69 Å². The molecule has 3 fully saturated rings. The Bertz CT molecular complexity index is 1460. The largest absolute Gasteiger partial charge is 0.504 e. The number of hydrogen-bond donors (Lipinski definition) is 2. The first-order chi connectivity index (χ1) is 20.0. The number of amides is 1. The maximum absolute atomic E-state index is 13.6. The summed E-state index contributed by atoms with van der Waals surface area (Å²) in [4.78, 5) is 17.7. The predicted molar refractivity (Wildman–Crippen MR) is 151 cm³/mol. The van der Waals surface area contributed by atoms with Gasteiger partial charge >= 0.3 is 6.18 Å². The van der Waals surface area contributed by atoms with Crippen molar-refractivity contribution in [1.29, 1.82) is 0 Å². The molecule has 1 saturated heterocycles. The Morgan fingerprint density at radius 1 is 1.24 bits per heavy atom. The maximum Gasteiger partial charge on any atom is 0.416 e. The lowest BCUT2D eigenvalue weighted by Gasteiger charge is -2.67. The molecule has 2 aromatic rings. The Morgan fingerprint density at radius 2 is 2.02 bits per heavy atom. The molecule has 0 aromatic heterocycles. The number of likely N-dealkylation sites (N-methyl/N-ethyl adjacent to an activating group) is 1. The fourth-order valence-corrected chi connectivity index (χ4v) is 8.80. The number of likely N-dealkylation sites (tertiary alicyclic amines) is 1. The number of halogens is 3. The van der Waals surface area contributed by atoms with Crippen LogP contribution in [0.15, 0.2) is 42.5 Å². The summed E-state index contributed by atoms with van der Waals surface area (Å²) >= 11 is 0. The molecule has 9 heteroatoms. The van der Waals surface area contributed by atoms with Gasteiger partial charge in [-0.15, -0.1) is 0 Å². The van der Waals surface area contributed by atoms with Gasteiger partial charge in [0.1, 0.15) is 6.10 Å². The number of alkyl halides is 3. The average molecular weight is 583 g/mol. The highest BCUT2D eigenvalue weighted by molar-refractivity contribution is 5.92. The highest BCUT2D eigenvalue weighted by Crippen LogP contribution is 2.67. The van der Waals surface area contributed by atoms with E-state index >= 15 is 0 Å². The molecule has 6 nitrogen and oxygen atoms in total. The van der Waals surface area contributed by atoms with Crippen molar-refractivity contribution in [1.82, 2.24) is 9.80 Å². The van der Waals surface area contributed by atoms with E-state index in [1.165, 1.54) is 37.1 Å². The standard InChI is InChI=1S/C33H37F3N2O4/c1-3-22-17-24(37(2)27(40)12-9-19-5-4-6-23(15-19)33(34,35)36)30-31-13-14-38(18-20-7-8-20)26(32(22,31)41)16-21-10-11-25(39)29(42-30)28(21)31/h4-6,9-12,15,20,22,24,26,30,39,41H,3,7-8,13-14,16-18H2,1-2H3/t22-,24-,26+,30+,31-,32+/m0/s1. The van der Waals surface area contributed by atoms with Crippen molar-refractivity contribution in [3.05, 3.63) is 64.7 Å². The lowest BCUT2D eigenvalue weighted by molar-refractivity contribution is -0.228. The van der Waals surface area contributed by atoms with Crippen LogP contribution in [0.1, 0.15) is 61.3 Å². The molecular weight excluding hydrogens is 545 g/mol. The predicted octanol–water partition coefficient (Wildman–Crippen LogP) is 5.15. The molecule has 2 aliphatic heterocycles. The lowest BCUT2D eigenvalue weighted by atomic mass is 9.45. The van der Waals surface area contributed by atoms with E-state index < -0.39 is 34.9 Å². The summed E-state index contributed by atoms with van der Waals surface area (Å²) < 4.78 is 46.2. The normalized spacial score (nSPS) is 33.4. The maximum atomic E-state index is 13.6. The Kier molecular flexibility index (Phi) is 6.27. The minimum atomic E-state index is -4.47. The van der Waals surface area contributed by atoms with Gasteiger partial charge in [-0.2, -0.15) is 13.2 Å². The molecule has 42 heavy (non-hydrogen) atoms. The van der Waals surface area contributed by atoms with Crippen molar-refractivity contribution in [2.24, 2.45) is 11.8 Å². The molecule has 2 aromatic carbocycles. The number of phenols is 1. The van der Waals surface area contributed by atoms with Gasteiger partial charge in [-0.25, -0.2) is 0 Å². The number of carbonyl (C=O) groups is 1. The molecule has 0 radical (unpaired) electrons. The van der Waals surface area contributed by atoms with Crippen molar-refractivity contribution >= 4 is 12.0 Å². The van der Waals surface area contributed by atoms with Crippen LogP contribution in [0.3, 0.4) is 0 Å². The average Bonchev–Trinajstić information content (AvgIpc) is 3.71. The number of phenolic OH excluding ortho intramolecular Hbond substituents is 1. The van der Waals surface area contributed by atoms with Crippen LogP contribution in [0.2, 0.25) is 0 Å². The lowest BCUT2D eigenvalue weighted by Crippen LogP contribution is -2.81. The summed E-state index contributed by atoms with van der Waals surface area (Å²) in [6, 6.07) is 8.05. The molecule has 6 atom stereocenters. The Balaban J connectivity index is 1.25. The summed E-state index contributed by atoms with van der Waals surface area (Å²) in [5, 5.41) is 24.0. The van der Waals surface area contributed by atoms with E-state index in [2.05, 4.69) is 11.8 Å². The number of nitrogens with zero attached hydrogens (tertiary/aromatic N) is 2. The summed E-state index contributed by atoms with van der Waals surface area (Å²) in [5.41, 5.74) is -0.348. The number of ether oxygens (including phenoxy) is 1. The van der Waals surface area contributed by atoms with Gasteiger partial charge in [0.25, 0.3) is 0 Å². The molecule has 5 aliphatic rings. The first-order valence-electron chi connectivity index (χ1n) is 15.1. The molecular formula is C33H37F3N2O4. The third-order valence-corrected chi connectivity index (χ3v) is 10.9. The van der Waals surface area contributed by atoms with Crippen molar-refractivity contribution < 1.29 is 32.9 Å². The van der Waals surface area contributed by atoms with Gasteiger partial charge in [-0.05, 0) is 85.9 Å². The fourth-order valence-electron chi connectivity index (χ4n) is 8.80. The summed E-state index contributed by atoms with van der Waals surface area (Å²) in [7, 11) is 1.70. The second-order valence-corrected chi connectivity index (χ2v) is 13.0. The molecule has 7 rings (SSSR count). The molecule has 0 unspecified atom stereocenters. The highest BCUT2D eigenvalue weighted by Gasteiger charge is 2.75. The van der Waals surface area contributed by atoms with E-state index in [9.17, 15) is 28.2 Å². The zero-order chi connectivity index (χ0) is 29.6. The van der Waals surface area contributed by atoms with Crippen LogP contribution < -0.4 is 4.74 Å². The molecule has 1 spiro atoms. The quantitative estimate of drug-likeness (QED) is 0.461. The van der Waals surface area contributed by atoms with Crippen LogP contribution in [0.25, 0.3) is 6.08 Å². The minimum Gasteiger partial charge on any atom is -0.504 e. The van der Waals surface area contributed by atoms with E-state index in [1.807, 2.05) is 6.07 Å². The summed E-state index contributed by atoms with van der Waals surface area (Å²) in [6.07, 6.45) is 2.75. The minimum absolute atomic E-state index is 0.0453. The van der Waals surface area contributed by atoms with Crippen molar-refractivity contribution in [2.45, 2.75) is 80.8 Å². The summed E-state index contributed by atoms with van der Waals surface area (Å²) in [5.74, 6) is 0.685. The van der Waals surface area contributed by atoms with Crippen LogP contribution in [0.4, 0.5) is 13.2 Å². The number of carbonyl (C=O) groups excluding carboxylic acids is 1. The molecule has 3 aliphatic carbocycles. The number of piperidine rings is 1. The number of aliphatic hydroxyl groups is 1. The van der Waals surface area contributed by atoms with E-state index in [-0.39, 0.29) is 29.2 Å². The number of hydrogen-bond acceptors (Lipinski definition) is 5. The monoisotopic (exact) mass is 582 g/mol. The third-order valence-electron chi connectivity index (χ3n) is 10.9. The zero-order valence-corrected chi connectivity index (χ0v) is 23.9. The molecule has 224 valence electrons. The zero-order valence-electron chi connectivity index (χ0n) is 23.9. The van der Waals surface area contributed by atoms with Crippen LogP contribution >= 0.6 is 0 Å². The molecule has 2 bridgehead atoms. The van der Waals surface area contributed by atoms with E-state index in [4.69, 9.17) is 4.74 Å². The van der Waals surface area contributed by atoms with Crippen molar-refractivity contribution in [3.8, 4) is 11.5 Å². The van der Waals surface area contributed by atoms with Crippen molar-refractivity contribution in [2.75, 3.05) is 20.1 Å². The second-order valence-electron chi connectivity index (χ2n) is 13.0. The van der Waals surface area contributed by atoms with Gasteiger partial charge < -0.3 is 19.8 Å². The number of aromatic hydroxyl groups is 1. The summed E-state index contributed by atoms with van der Waals surface area (Å²) in [6.45, 7) is 3.88. The first kappa shape index (κ1) is 27.8.